The summed E-state index contributed by atoms with van der Waals surface area (Å²) >= 11 is 0. The number of alkyl halides is 1. The summed E-state index contributed by atoms with van der Waals surface area (Å²) in [5.74, 6) is 0.342. The number of nitrogens with one attached hydrogen (secondary N) is 1. The molecule has 2 rings (SSSR count). The topological polar surface area (TPSA) is 58.1 Å². The lowest BCUT2D eigenvalue weighted by Gasteiger charge is -2.35. The van der Waals surface area contributed by atoms with E-state index in [0.29, 0.717) is 18.8 Å². The van der Waals surface area contributed by atoms with Gasteiger partial charge in [-0.25, -0.2) is 4.39 Å². The standard InChI is InChI=1S/C12H17FN4O/c1-12(13)6-3-7-17(8-12)10-5-4-9(15-16-10)11(18)14-2/h4-5H,3,6-8H2,1-2H3,(H,14,18). The number of aromatic nitrogens is 2. The number of anilines is 1. The molecule has 0 aliphatic carbocycles. The van der Waals surface area contributed by atoms with E-state index in [1.807, 2.05) is 4.90 Å². The van der Waals surface area contributed by atoms with Crippen LogP contribution in [0, 0.1) is 0 Å². The van der Waals surface area contributed by atoms with Crippen molar-refractivity contribution in [2.24, 2.45) is 0 Å². The van der Waals surface area contributed by atoms with Crippen molar-refractivity contribution in [1.82, 2.24) is 15.5 Å². The lowest BCUT2D eigenvalue weighted by Crippen LogP contribution is -2.43. The zero-order valence-electron chi connectivity index (χ0n) is 10.6. The molecule has 0 bridgehead atoms. The average molecular weight is 252 g/mol. The van der Waals surface area contributed by atoms with Gasteiger partial charge in [0.25, 0.3) is 5.91 Å². The van der Waals surface area contributed by atoms with Crippen LogP contribution >= 0.6 is 0 Å². The Balaban J connectivity index is 2.12. The summed E-state index contributed by atoms with van der Waals surface area (Å²) in [5, 5.41) is 10.3. The lowest BCUT2D eigenvalue weighted by molar-refractivity contribution is 0.0957. The number of nitrogens with zero attached hydrogens (tertiary/aromatic N) is 3. The smallest absolute Gasteiger partial charge is 0.271 e. The van der Waals surface area contributed by atoms with Gasteiger partial charge in [-0.3, -0.25) is 4.79 Å². The van der Waals surface area contributed by atoms with Crippen LogP contribution in [-0.4, -0.2) is 41.9 Å². The quantitative estimate of drug-likeness (QED) is 0.858. The fraction of sp³-hybridized carbons (Fsp3) is 0.583. The van der Waals surface area contributed by atoms with Gasteiger partial charge >= 0.3 is 0 Å². The van der Waals surface area contributed by atoms with Crippen LogP contribution in [0.1, 0.15) is 30.3 Å². The molecule has 0 aromatic carbocycles. The number of carbonyl (C=O) groups is 1. The second kappa shape index (κ2) is 4.88. The third kappa shape index (κ3) is 2.75. The average Bonchev–Trinajstić information content (AvgIpc) is 2.37. The van der Waals surface area contributed by atoms with Gasteiger partial charge in [-0.05, 0) is 31.9 Å². The van der Waals surface area contributed by atoms with Gasteiger partial charge in [0.1, 0.15) is 5.67 Å². The minimum atomic E-state index is -1.18. The van der Waals surface area contributed by atoms with E-state index in [4.69, 9.17) is 0 Å². The van der Waals surface area contributed by atoms with Gasteiger partial charge in [0, 0.05) is 13.6 Å². The maximum absolute atomic E-state index is 13.9. The van der Waals surface area contributed by atoms with Gasteiger partial charge < -0.3 is 10.2 Å². The summed E-state index contributed by atoms with van der Waals surface area (Å²) in [6.07, 6.45) is 1.37. The second-order valence-electron chi connectivity index (χ2n) is 4.79. The van der Waals surface area contributed by atoms with E-state index in [2.05, 4.69) is 15.5 Å². The molecule has 18 heavy (non-hydrogen) atoms. The SMILES string of the molecule is CNC(=O)c1ccc(N2CCCC(C)(F)C2)nn1. The molecule has 1 aliphatic rings. The number of halogens is 1. The van der Waals surface area contributed by atoms with Crippen LogP contribution in [0.3, 0.4) is 0 Å². The van der Waals surface area contributed by atoms with E-state index in [-0.39, 0.29) is 11.6 Å². The van der Waals surface area contributed by atoms with Crippen molar-refractivity contribution in [2.75, 3.05) is 25.0 Å². The monoisotopic (exact) mass is 252 g/mol. The third-order valence-electron chi connectivity index (χ3n) is 3.08. The first kappa shape index (κ1) is 12.7. The highest BCUT2D eigenvalue weighted by molar-refractivity contribution is 5.91. The molecular weight excluding hydrogens is 235 g/mol. The largest absolute Gasteiger partial charge is 0.354 e. The first-order valence-electron chi connectivity index (χ1n) is 6.01. The molecular formula is C12H17FN4O. The van der Waals surface area contributed by atoms with Gasteiger partial charge in [-0.2, -0.15) is 0 Å². The second-order valence-corrected chi connectivity index (χ2v) is 4.79. The van der Waals surface area contributed by atoms with Gasteiger partial charge in [0.15, 0.2) is 11.5 Å². The van der Waals surface area contributed by atoms with E-state index < -0.39 is 5.67 Å². The molecule has 1 N–H and O–H groups in total. The molecule has 5 nitrogen and oxygen atoms in total. The van der Waals surface area contributed by atoms with Crippen molar-refractivity contribution in [3.8, 4) is 0 Å². The van der Waals surface area contributed by atoms with Crippen LogP contribution in [0.4, 0.5) is 10.2 Å². The van der Waals surface area contributed by atoms with Gasteiger partial charge in [-0.15, -0.1) is 10.2 Å². The molecule has 1 saturated heterocycles. The first-order valence-corrected chi connectivity index (χ1v) is 6.01. The highest BCUT2D eigenvalue weighted by atomic mass is 19.1. The Hall–Kier alpha value is -1.72. The third-order valence-corrected chi connectivity index (χ3v) is 3.08. The van der Waals surface area contributed by atoms with Crippen molar-refractivity contribution in [3.05, 3.63) is 17.8 Å². The van der Waals surface area contributed by atoms with Crippen molar-refractivity contribution < 1.29 is 9.18 Å². The van der Waals surface area contributed by atoms with Gasteiger partial charge in [-0.1, -0.05) is 0 Å². The number of hydrogen-bond acceptors (Lipinski definition) is 4. The number of amides is 1. The van der Waals surface area contributed by atoms with Crippen molar-refractivity contribution in [3.63, 3.8) is 0 Å². The lowest BCUT2D eigenvalue weighted by atomic mass is 9.97. The van der Waals surface area contributed by atoms with Gasteiger partial charge in [0.05, 0.1) is 6.54 Å². The maximum atomic E-state index is 13.9. The van der Waals surface area contributed by atoms with Crippen LogP contribution in [0.2, 0.25) is 0 Å². The van der Waals surface area contributed by atoms with Gasteiger partial charge in [0.2, 0.25) is 0 Å². The Morgan fingerprint density at radius 3 is 2.83 bits per heavy atom. The summed E-state index contributed by atoms with van der Waals surface area (Å²) in [5.41, 5.74) is -0.916. The molecule has 98 valence electrons. The highest BCUT2D eigenvalue weighted by Crippen LogP contribution is 2.27. The molecule has 0 radical (unpaired) electrons. The van der Waals surface area contributed by atoms with E-state index in [0.717, 1.165) is 13.0 Å². The summed E-state index contributed by atoms with van der Waals surface area (Å²) in [7, 11) is 1.54. The summed E-state index contributed by atoms with van der Waals surface area (Å²) in [4.78, 5) is 13.2. The maximum Gasteiger partial charge on any atom is 0.271 e. The minimum absolute atomic E-state index is 0.265. The zero-order chi connectivity index (χ0) is 13.2. The summed E-state index contributed by atoms with van der Waals surface area (Å²) in [6.45, 7) is 2.69. The predicted molar refractivity (Wildman–Crippen MR) is 66.4 cm³/mol. The molecule has 1 amide bonds. The molecule has 1 aromatic rings. The molecule has 1 aromatic heterocycles. The number of carbonyl (C=O) groups excluding carboxylic acids is 1. The number of piperidine rings is 1. The molecule has 1 aliphatic heterocycles. The fourth-order valence-electron chi connectivity index (χ4n) is 2.13. The molecule has 1 atom stereocenters. The fourth-order valence-corrected chi connectivity index (χ4v) is 2.13. The van der Waals surface area contributed by atoms with Crippen LogP contribution in [0.5, 0.6) is 0 Å². The van der Waals surface area contributed by atoms with Crippen LogP contribution in [0.25, 0.3) is 0 Å². The molecule has 0 saturated carbocycles. The van der Waals surface area contributed by atoms with E-state index in [9.17, 15) is 9.18 Å². The van der Waals surface area contributed by atoms with Crippen LogP contribution in [-0.2, 0) is 0 Å². The molecule has 0 spiro atoms. The predicted octanol–water partition coefficient (Wildman–Crippen LogP) is 1.16. The van der Waals surface area contributed by atoms with Crippen molar-refractivity contribution in [2.45, 2.75) is 25.4 Å². The normalized spacial score (nSPS) is 23.8. The molecule has 6 heteroatoms. The van der Waals surface area contributed by atoms with Crippen LogP contribution in [0.15, 0.2) is 12.1 Å². The minimum Gasteiger partial charge on any atom is -0.354 e. The number of rotatable bonds is 2. The van der Waals surface area contributed by atoms with Crippen molar-refractivity contribution >= 4 is 11.7 Å². The Morgan fingerprint density at radius 1 is 1.50 bits per heavy atom. The molecule has 1 unspecified atom stereocenters. The van der Waals surface area contributed by atoms with E-state index >= 15 is 0 Å². The Bertz CT molecular complexity index is 432. The summed E-state index contributed by atoms with van der Waals surface area (Å²) in [6, 6.07) is 3.31. The van der Waals surface area contributed by atoms with Crippen molar-refractivity contribution in [1.29, 1.82) is 0 Å². The Labute approximate surface area is 105 Å². The highest BCUT2D eigenvalue weighted by Gasteiger charge is 2.31. The zero-order valence-corrected chi connectivity index (χ0v) is 10.6. The molecule has 1 fully saturated rings. The first-order chi connectivity index (χ1) is 8.52. The Kier molecular flexibility index (Phi) is 3.45. The van der Waals surface area contributed by atoms with E-state index in [1.165, 1.54) is 7.05 Å². The van der Waals surface area contributed by atoms with Crippen LogP contribution < -0.4 is 10.2 Å². The van der Waals surface area contributed by atoms with E-state index in [1.54, 1.807) is 19.1 Å². The number of hydrogen-bond donors (Lipinski definition) is 1. The Morgan fingerprint density at radius 2 is 2.28 bits per heavy atom. The molecule has 2 heterocycles. The summed E-state index contributed by atoms with van der Waals surface area (Å²) < 4.78 is 13.9.